The minimum Gasteiger partial charge on any atom is -0.457 e. The van der Waals surface area contributed by atoms with E-state index in [1.54, 1.807) is 0 Å². The van der Waals surface area contributed by atoms with E-state index in [0.717, 1.165) is 33.9 Å². The van der Waals surface area contributed by atoms with Crippen molar-refractivity contribution < 1.29 is 4.74 Å². The normalized spacial score (nSPS) is 18.5. The van der Waals surface area contributed by atoms with Gasteiger partial charge < -0.3 is 4.74 Å². The zero-order chi connectivity index (χ0) is 43.6. The second-order valence-electron chi connectivity index (χ2n) is 21.0. The van der Waals surface area contributed by atoms with Gasteiger partial charge in [0.05, 0.1) is 11.0 Å². The number of nitrogens with zero attached hydrogens (tertiary/aromatic N) is 4. The first-order valence-corrected chi connectivity index (χ1v) is 22.2. The van der Waals surface area contributed by atoms with Crippen molar-refractivity contribution in [2.45, 2.75) is 98.3 Å². The number of rotatable bonds is 7. The summed E-state index contributed by atoms with van der Waals surface area (Å²) < 4.78 is 10.6. The molecule has 312 valence electrons. The van der Waals surface area contributed by atoms with Gasteiger partial charge in [0, 0.05) is 59.4 Å². The molecule has 2 aromatic heterocycles. The van der Waals surface area contributed by atoms with Crippen LogP contribution in [0.25, 0.3) is 38.8 Å². The number of quaternary nitrogens is 2. The maximum atomic E-state index is 7.13. The third-order valence-corrected chi connectivity index (χ3v) is 13.4. The molecule has 0 aliphatic carbocycles. The van der Waals surface area contributed by atoms with Gasteiger partial charge in [-0.2, -0.15) is 9.18 Å². The fourth-order valence-corrected chi connectivity index (χ4v) is 9.81. The van der Waals surface area contributed by atoms with E-state index in [1.807, 2.05) is 6.20 Å². The molecule has 5 heteroatoms. The quantitative estimate of drug-likeness (QED) is 0.0910. The van der Waals surface area contributed by atoms with E-state index >= 15 is 0 Å². The molecule has 8 aromatic rings. The van der Waals surface area contributed by atoms with Gasteiger partial charge >= 0.3 is 0 Å². The fourth-order valence-electron chi connectivity index (χ4n) is 9.81. The Kier molecular flexibility index (Phi) is 8.89. The topological polar surface area (TPSA) is 27.1 Å². The monoisotopic (exact) mass is 815 g/mol. The number of hydrogen-bond acceptors (Lipinski definition) is 2. The Morgan fingerprint density at radius 2 is 1.21 bits per heavy atom. The molecular weight excluding hydrogens is 757 g/mol. The van der Waals surface area contributed by atoms with Crippen LogP contribution in [0, 0.1) is 6.67 Å². The van der Waals surface area contributed by atoms with Crippen molar-refractivity contribution in [2.24, 2.45) is 0 Å². The number of para-hydroxylation sites is 1. The highest BCUT2D eigenvalue weighted by atomic mass is 16.5. The number of pyridine rings is 1. The van der Waals surface area contributed by atoms with Crippen LogP contribution in [0.1, 0.15) is 104 Å². The van der Waals surface area contributed by atoms with E-state index < -0.39 is 0 Å². The molecule has 6 aromatic carbocycles. The predicted octanol–water partition coefficient (Wildman–Crippen LogP) is 16.0. The Labute approximate surface area is 368 Å². The van der Waals surface area contributed by atoms with Crippen molar-refractivity contribution in [1.82, 2.24) is 18.7 Å². The van der Waals surface area contributed by atoms with Crippen molar-refractivity contribution in [3.63, 3.8) is 0 Å². The first kappa shape index (κ1) is 40.1. The van der Waals surface area contributed by atoms with Crippen LogP contribution in [0.3, 0.4) is 0 Å². The first-order valence-electron chi connectivity index (χ1n) is 22.2. The number of ether oxygens (including phenoxy) is 1. The van der Waals surface area contributed by atoms with E-state index in [9.17, 15) is 0 Å². The van der Waals surface area contributed by atoms with Crippen LogP contribution < -0.4 is 13.9 Å². The van der Waals surface area contributed by atoms with Crippen molar-refractivity contribution in [3.05, 3.63) is 175 Å². The Balaban J connectivity index is 1.16. The van der Waals surface area contributed by atoms with Gasteiger partial charge in [-0.1, -0.05) is 137 Å². The minimum atomic E-state index is -0.0137. The maximum absolute atomic E-state index is 7.13. The summed E-state index contributed by atoms with van der Waals surface area (Å²) in [6.07, 6.45) is 1.94. The minimum absolute atomic E-state index is 0.0137. The summed E-state index contributed by atoms with van der Waals surface area (Å²) in [5, 5.41) is 2.36. The van der Waals surface area contributed by atoms with E-state index in [0.29, 0.717) is 15.1 Å². The molecule has 5 nitrogen and oxygen atoms in total. The van der Waals surface area contributed by atoms with Gasteiger partial charge in [-0.25, -0.2) is 4.98 Å². The lowest BCUT2D eigenvalue weighted by Gasteiger charge is -2.41. The number of fused-ring (bicyclic) bond motifs is 7. The van der Waals surface area contributed by atoms with Gasteiger partial charge in [0.1, 0.15) is 17.3 Å². The lowest BCUT2D eigenvalue weighted by Crippen LogP contribution is -2.46. The molecule has 1 unspecified atom stereocenters. The Bertz CT molecular complexity index is 3080. The SMILES string of the molecule is CC(C)c1ccccc1-c1cc(Oc2ccc3c4ccccc4n(-c4cc(C(C)(C)C)ccn4)c3c2)cc([N+]23[CH-][N@+]2(c2cccc(C(C)(C)C)c2)c2cc(C(C)(C)C)ccc23)c1. The van der Waals surface area contributed by atoms with Gasteiger partial charge in [-0.3, -0.25) is 4.57 Å². The first-order chi connectivity index (χ1) is 29.4. The third-order valence-electron chi connectivity index (χ3n) is 13.4. The van der Waals surface area contributed by atoms with Gasteiger partial charge in [0.15, 0.2) is 18.0 Å². The lowest BCUT2D eigenvalue weighted by molar-refractivity contribution is 0.421. The van der Waals surface area contributed by atoms with Gasteiger partial charge in [0.2, 0.25) is 11.4 Å². The van der Waals surface area contributed by atoms with E-state index in [2.05, 4.69) is 227 Å². The summed E-state index contributed by atoms with van der Waals surface area (Å²) in [4.78, 5) is 4.94. The lowest BCUT2D eigenvalue weighted by atomic mass is 9.85. The molecule has 2 aliphatic heterocycles. The van der Waals surface area contributed by atoms with Gasteiger partial charge in [0.25, 0.3) is 0 Å². The number of hydrogen-bond donors (Lipinski definition) is 0. The van der Waals surface area contributed by atoms with E-state index in [1.165, 1.54) is 61.3 Å². The summed E-state index contributed by atoms with van der Waals surface area (Å²) in [6, 6.07) is 51.7. The van der Waals surface area contributed by atoms with Crippen LogP contribution >= 0.6 is 0 Å². The molecule has 0 N–H and O–H groups in total. The molecular formula is C57H59N4O+. The summed E-state index contributed by atoms with van der Waals surface area (Å²) in [5.74, 6) is 2.84. The average molecular weight is 816 g/mol. The molecule has 1 saturated heterocycles. The van der Waals surface area contributed by atoms with Crippen LogP contribution in [0.5, 0.6) is 11.5 Å². The van der Waals surface area contributed by atoms with Crippen molar-refractivity contribution in [1.29, 1.82) is 0 Å². The molecule has 4 heterocycles. The molecule has 1 fully saturated rings. The fraction of sp³-hybridized carbons (Fsp3) is 0.263. The van der Waals surface area contributed by atoms with Crippen LogP contribution in [0.2, 0.25) is 0 Å². The average Bonchev–Trinajstić information content (AvgIpc) is 3.73. The Morgan fingerprint density at radius 1 is 0.532 bits per heavy atom. The second-order valence-corrected chi connectivity index (χ2v) is 21.0. The summed E-state index contributed by atoms with van der Waals surface area (Å²) >= 11 is 0. The van der Waals surface area contributed by atoms with Crippen LogP contribution in [0.15, 0.2) is 146 Å². The zero-order valence-electron chi connectivity index (χ0n) is 38.2. The van der Waals surface area contributed by atoms with Crippen LogP contribution in [0.4, 0.5) is 22.7 Å². The highest BCUT2D eigenvalue weighted by Gasteiger charge is 2.78. The molecule has 2 atom stereocenters. The molecule has 0 spiro atoms. The van der Waals surface area contributed by atoms with Crippen molar-refractivity contribution >= 4 is 44.6 Å². The number of aromatic nitrogens is 2. The summed E-state index contributed by atoms with van der Waals surface area (Å²) in [5.41, 5.74) is 14.9. The predicted molar refractivity (Wildman–Crippen MR) is 261 cm³/mol. The molecule has 62 heavy (non-hydrogen) atoms. The highest BCUT2D eigenvalue weighted by molar-refractivity contribution is 6.09. The molecule has 2 aliphatic rings. The summed E-state index contributed by atoms with van der Waals surface area (Å²) in [7, 11) is 0. The van der Waals surface area contributed by atoms with Crippen LogP contribution in [-0.4, -0.2) is 9.55 Å². The standard InChI is InChI=1S/C57H59N4O/c1-37(2)46-19-12-13-20-47(46)38-29-43(61-36-60(61,42-18-16-17-39(31-42)55(3,4)5)53-32-40(56(6,7)8)23-26-52(53)61)34-45(30-38)62-44-24-25-49-48-21-14-15-22-50(48)59(51(49)35-44)54-33-41(27-28-58-54)57(9,10)11/h12-37H,1-11H3/q+1/t60-,61?/m0/s1. The molecule has 10 rings (SSSR count). The number of benzene rings is 6. The molecule has 0 saturated carbocycles. The largest absolute Gasteiger partial charge is 0.457 e. The highest BCUT2D eigenvalue weighted by Crippen LogP contribution is 2.76. The Morgan fingerprint density at radius 3 is 1.97 bits per heavy atom. The smallest absolute Gasteiger partial charge is 0.225 e. The molecule has 0 amide bonds. The zero-order valence-corrected chi connectivity index (χ0v) is 38.2. The van der Waals surface area contributed by atoms with Gasteiger partial charge in [-0.05, 0) is 91.9 Å². The van der Waals surface area contributed by atoms with Gasteiger partial charge in [-0.15, -0.1) is 0 Å². The second kappa shape index (κ2) is 13.7. The Hall–Kier alpha value is -6.01. The van der Waals surface area contributed by atoms with E-state index in [4.69, 9.17) is 9.72 Å². The van der Waals surface area contributed by atoms with Crippen molar-refractivity contribution in [3.8, 4) is 28.4 Å². The third kappa shape index (κ3) is 6.15. The molecule has 0 bridgehead atoms. The maximum Gasteiger partial charge on any atom is 0.225 e. The van der Waals surface area contributed by atoms with Crippen LogP contribution in [-0.2, 0) is 16.2 Å². The van der Waals surface area contributed by atoms with Crippen molar-refractivity contribution in [2.75, 3.05) is 0 Å². The van der Waals surface area contributed by atoms with E-state index in [-0.39, 0.29) is 16.2 Å². The summed E-state index contributed by atoms with van der Waals surface area (Å²) in [6.45, 7) is 27.6. The molecule has 0 radical (unpaired) electrons.